The number of rotatable bonds is 7. The van der Waals surface area contributed by atoms with E-state index < -0.39 is 0 Å². The minimum atomic E-state index is 0.477. The predicted octanol–water partition coefficient (Wildman–Crippen LogP) is 3.90. The van der Waals surface area contributed by atoms with Gasteiger partial charge in [0.2, 0.25) is 0 Å². The van der Waals surface area contributed by atoms with Crippen LogP contribution in [-0.2, 0) is 6.42 Å². The number of fused-ring (bicyclic) bond motifs is 1. The number of nitrogens with zero attached hydrogens (tertiary/aromatic N) is 2. The first kappa shape index (κ1) is 15.9. The highest BCUT2D eigenvalue weighted by atomic mass is 15.1. The van der Waals surface area contributed by atoms with E-state index in [4.69, 9.17) is 0 Å². The lowest BCUT2D eigenvalue weighted by molar-refractivity contribution is 0.413. The molecule has 0 aliphatic carbocycles. The first-order valence-electron chi connectivity index (χ1n) is 8.06. The summed E-state index contributed by atoms with van der Waals surface area (Å²) in [5.41, 5.74) is 2.13. The fourth-order valence-corrected chi connectivity index (χ4v) is 2.83. The minimum absolute atomic E-state index is 0.477. The summed E-state index contributed by atoms with van der Waals surface area (Å²) in [6, 6.07) is 8.94. The molecule has 1 aromatic heterocycles. The second-order valence-electron chi connectivity index (χ2n) is 6.26. The number of nitrogens with one attached hydrogen (secondary N) is 1. The van der Waals surface area contributed by atoms with Gasteiger partial charge in [0.1, 0.15) is 0 Å². The third kappa shape index (κ3) is 4.24. The molecule has 0 saturated carbocycles. The molecule has 0 saturated heterocycles. The zero-order valence-corrected chi connectivity index (χ0v) is 13.7. The molecule has 21 heavy (non-hydrogen) atoms. The molecule has 0 aliphatic heterocycles. The number of aryl methyl sites for hydroxylation is 1. The summed E-state index contributed by atoms with van der Waals surface area (Å²) in [5, 5.41) is 14.9. The maximum atomic E-state index is 4.47. The smallest absolute Gasteiger partial charge is 0.0725 e. The summed E-state index contributed by atoms with van der Waals surface area (Å²) < 4.78 is 0. The van der Waals surface area contributed by atoms with Gasteiger partial charge < -0.3 is 5.32 Å². The van der Waals surface area contributed by atoms with Gasteiger partial charge in [-0.2, -0.15) is 10.2 Å². The predicted molar refractivity (Wildman–Crippen MR) is 89.5 cm³/mol. The van der Waals surface area contributed by atoms with E-state index in [1.807, 2.05) is 6.92 Å². The minimum Gasteiger partial charge on any atom is -0.314 e. The van der Waals surface area contributed by atoms with Crippen molar-refractivity contribution in [3.63, 3.8) is 0 Å². The van der Waals surface area contributed by atoms with E-state index in [2.05, 4.69) is 60.6 Å². The quantitative estimate of drug-likeness (QED) is 0.838. The van der Waals surface area contributed by atoms with Crippen molar-refractivity contribution in [3.05, 3.63) is 35.7 Å². The van der Waals surface area contributed by atoms with Crippen LogP contribution in [-0.4, -0.2) is 22.8 Å². The molecule has 2 aromatic rings. The van der Waals surface area contributed by atoms with Gasteiger partial charge in [-0.3, -0.25) is 0 Å². The Bertz CT molecular complexity index is 578. The van der Waals surface area contributed by atoms with Crippen LogP contribution in [0.25, 0.3) is 10.8 Å². The van der Waals surface area contributed by atoms with E-state index in [-0.39, 0.29) is 0 Å². The molecule has 0 amide bonds. The maximum Gasteiger partial charge on any atom is 0.0725 e. The summed E-state index contributed by atoms with van der Waals surface area (Å²) >= 11 is 0. The lowest BCUT2D eigenvalue weighted by Crippen LogP contribution is -2.33. The number of aromatic nitrogens is 2. The van der Waals surface area contributed by atoms with Crippen molar-refractivity contribution in [2.45, 2.75) is 53.0 Å². The van der Waals surface area contributed by atoms with Crippen molar-refractivity contribution < 1.29 is 0 Å². The van der Waals surface area contributed by atoms with Gasteiger partial charge >= 0.3 is 0 Å². The topological polar surface area (TPSA) is 37.8 Å². The van der Waals surface area contributed by atoms with Crippen LogP contribution in [0.3, 0.4) is 0 Å². The molecule has 3 nitrogen and oxygen atoms in total. The number of hydrogen-bond donors (Lipinski definition) is 1. The molecule has 1 aromatic carbocycles. The highest BCUT2D eigenvalue weighted by Crippen LogP contribution is 2.21. The van der Waals surface area contributed by atoms with E-state index in [1.165, 1.54) is 17.2 Å². The summed E-state index contributed by atoms with van der Waals surface area (Å²) in [4.78, 5) is 0. The standard InChI is InChI=1S/C18H27N3/c1-5-10-19-15(11-13(2)3)12-18-17-9-7-6-8-16(17)14(4)20-21-18/h6-9,13,15,19H,5,10-12H2,1-4H3. The molecular weight excluding hydrogens is 258 g/mol. The molecule has 3 heteroatoms. The molecule has 0 aliphatic rings. The van der Waals surface area contributed by atoms with Gasteiger partial charge in [-0.1, -0.05) is 45.0 Å². The lowest BCUT2D eigenvalue weighted by atomic mass is 9.97. The molecule has 0 fully saturated rings. The molecule has 1 atom stereocenters. The van der Waals surface area contributed by atoms with E-state index in [9.17, 15) is 0 Å². The molecule has 0 spiro atoms. The van der Waals surface area contributed by atoms with E-state index >= 15 is 0 Å². The fraction of sp³-hybridized carbons (Fsp3) is 0.556. The van der Waals surface area contributed by atoms with Crippen molar-refractivity contribution in [3.8, 4) is 0 Å². The Morgan fingerprint density at radius 2 is 1.81 bits per heavy atom. The largest absolute Gasteiger partial charge is 0.314 e. The fourth-order valence-electron chi connectivity index (χ4n) is 2.83. The van der Waals surface area contributed by atoms with E-state index in [1.54, 1.807) is 0 Å². The number of benzene rings is 1. The zero-order valence-electron chi connectivity index (χ0n) is 13.7. The van der Waals surface area contributed by atoms with Crippen molar-refractivity contribution in [1.82, 2.24) is 15.5 Å². The molecule has 0 radical (unpaired) electrons. The van der Waals surface area contributed by atoms with Crippen molar-refractivity contribution >= 4 is 10.8 Å². The second kappa shape index (κ2) is 7.51. The molecule has 1 N–H and O–H groups in total. The molecule has 1 heterocycles. The van der Waals surface area contributed by atoms with Crippen LogP contribution in [0.4, 0.5) is 0 Å². The third-order valence-electron chi connectivity index (χ3n) is 3.83. The summed E-state index contributed by atoms with van der Waals surface area (Å²) in [6.45, 7) is 9.86. The Morgan fingerprint density at radius 3 is 2.48 bits per heavy atom. The molecule has 114 valence electrons. The van der Waals surface area contributed by atoms with Crippen LogP contribution in [0.2, 0.25) is 0 Å². The normalized spacial score (nSPS) is 13.0. The molecular formula is C18H27N3. The Labute approximate surface area is 128 Å². The first-order valence-corrected chi connectivity index (χ1v) is 8.06. The average molecular weight is 285 g/mol. The van der Waals surface area contributed by atoms with Gasteiger partial charge in [0.05, 0.1) is 11.4 Å². The van der Waals surface area contributed by atoms with Gasteiger partial charge in [0.25, 0.3) is 0 Å². The van der Waals surface area contributed by atoms with Gasteiger partial charge in [-0.25, -0.2) is 0 Å². The SMILES string of the molecule is CCCNC(Cc1nnc(C)c2ccccc12)CC(C)C. The van der Waals surface area contributed by atoms with Crippen LogP contribution in [0, 0.1) is 12.8 Å². The van der Waals surface area contributed by atoms with Gasteiger partial charge in [-0.05, 0) is 32.2 Å². The van der Waals surface area contributed by atoms with Crippen LogP contribution < -0.4 is 5.32 Å². The monoisotopic (exact) mass is 285 g/mol. The Morgan fingerprint density at radius 1 is 1.10 bits per heavy atom. The first-order chi connectivity index (χ1) is 10.1. The van der Waals surface area contributed by atoms with Gasteiger partial charge in [0, 0.05) is 23.2 Å². The third-order valence-corrected chi connectivity index (χ3v) is 3.83. The maximum absolute atomic E-state index is 4.47. The summed E-state index contributed by atoms with van der Waals surface area (Å²) in [7, 11) is 0. The summed E-state index contributed by atoms with van der Waals surface area (Å²) in [5.74, 6) is 0.684. The average Bonchev–Trinajstić information content (AvgIpc) is 2.47. The Balaban J connectivity index is 2.25. The Kier molecular flexibility index (Phi) is 5.68. The molecule has 1 unspecified atom stereocenters. The molecule has 2 rings (SSSR count). The Hall–Kier alpha value is -1.48. The van der Waals surface area contributed by atoms with Crippen LogP contribution in [0.5, 0.6) is 0 Å². The van der Waals surface area contributed by atoms with Gasteiger partial charge in [0.15, 0.2) is 0 Å². The molecule has 0 bridgehead atoms. The van der Waals surface area contributed by atoms with Crippen molar-refractivity contribution in [2.24, 2.45) is 5.92 Å². The van der Waals surface area contributed by atoms with Gasteiger partial charge in [-0.15, -0.1) is 0 Å². The summed E-state index contributed by atoms with van der Waals surface area (Å²) in [6.07, 6.45) is 3.28. The van der Waals surface area contributed by atoms with E-state index in [0.29, 0.717) is 12.0 Å². The van der Waals surface area contributed by atoms with Crippen LogP contribution >= 0.6 is 0 Å². The van der Waals surface area contributed by atoms with Crippen molar-refractivity contribution in [1.29, 1.82) is 0 Å². The number of hydrogen-bond acceptors (Lipinski definition) is 3. The van der Waals surface area contributed by atoms with Crippen molar-refractivity contribution in [2.75, 3.05) is 6.54 Å². The lowest BCUT2D eigenvalue weighted by Gasteiger charge is -2.20. The van der Waals surface area contributed by atoms with E-state index in [0.717, 1.165) is 30.8 Å². The van der Waals surface area contributed by atoms with Crippen LogP contribution in [0.15, 0.2) is 24.3 Å². The second-order valence-corrected chi connectivity index (χ2v) is 6.26. The highest BCUT2D eigenvalue weighted by molar-refractivity contribution is 5.86. The van der Waals surface area contributed by atoms with Crippen LogP contribution in [0.1, 0.15) is 45.0 Å². The zero-order chi connectivity index (χ0) is 15.2. The highest BCUT2D eigenvalue weighted by Gasteiger charge is 2.14.